The largest absolute Gasteiger partial charge is 0.381 e. The van der Waals surface area contributed by atoms with Crippen molar-refractivity contribution in [3.05, 3.63) is 11.6 Å². The Morgan fingerprint density at radius 1 is 1.41 bits per heavy atom. The third-order valence-electron chi connectivity index (χ3n) is 3.01. The Hall–Kier alpha value is -0.870. The van der Waals surface area contributed by atoms with Crippen molar-refractivity contribution in [2.75, 3.05) is 33.3 Å². The lowest BCUT2D eigenvalue weighted by Crippen LogP contribution is -2.41. The van der Waals surface area contributed by atoms with E-state index in [2.05, 4.69) is 10.2 Å². The molecule has 0 bridgehead atoms. The van der Waals surface area contributed by atoms with E-state index in [1.54, 1.807) is 13.2 Å². The number of methoxy groups -OCH3 is 1. The number of rotatable bonds is 5. The van der Waals surface area contributed by atoms with Gasteiger partial charge in [0.25, 0.3) is 0 Å². The first-order valence-electron chi connectivity index (χ1n) is 6.29. The SMILES string of the molecule is COC1CCN(CCNC(=O)C=C(C)C)CC1. The first kappa shape index (κ1) is 14.2. The minimum absolute atomic E-state index is 0.0109. The second kappa shape index (κ2) is 7.45. The van der Waals surface area contributed by atoms with Crippen molar-refractivity contribution in [2.45, 2.75) is 32.8 Å². The van der Waals surface area contributed by atoms with Crippen LogP contribution in [-0.2, 0) is 9.53 Å². The molecule has 1 aliphatic heterocycles. The Morgan fingerprint density at radius 3 is 2.59 bits per heavy atom. The van der Waals surface area contributed by atoms with Crippen LogP contribution in [0.25, 0.3) is 0 Å². The number of hydrogen-bond acceptors (Lipinski definition) is 3. The van der Waals surface area contributed by atoms with Crippen molar-refractivity contribution in [1.82, 2.24) is 10.2 Å². The van der Waals surface area contributed by atoms with E-state index in [-0.39, 0.29) is 5.91 Å². The van der Waals surface area contributed by atoms with Gasteiger partial charge in [0.05, 0.1) is 6.10 Å². The zero-order valence-corrected chi connectivity index (χ0v) is 11.2. The van der Waals surface area contributed by atoms with E-state index in [0.29, 0.717) is 6.10 Å². The summed E-state index contributed by atoms with van der Waals surface area (Å²) in [4.78, 5) is 13.7. The molecule has 0 spiro atoms. The van der Waals surface area contributed by atoms with Crippen molar-refractivity contribution in [3.8, 4) is 0 Å². The van der Waals surface area contributed by atoms with Gasteiger partial charge in [0, 0.05) is 39.4 Å². The van der Waals surface area contributed by atoms with Crippen molar-refractivity contribution < 1.29 is 9.53 Å². The number of nitrogens with zero attached hydrogens (tertiary/aromatic N) is 1. The number of nitrogens with one attached hydrogen (secondary N) is 1. The summed E-state index contributed by atoms with van der Waals surface area (Å²) in [5.41, 5.74) is 1.03. The van der Waals surface area contributed by atoms with Gasteiger partial charge >= 0.3 is 0 Å². The summed E-state index contributed by atoms with van der Waals surface area (Å²) in [6, 6.07) is 0. The van der Waals surface area contributed by atoms with E-state index in [0.717, 1.165) is 44.6 Å². The monoisotopic (exact) mass is 240 g/mol. The summed E-state index contributed by atoms with van der Waals surface area (Å²) >= 11 is 0. The number of hydrogen-bond donors (Lipinski definition) is 1. The number of carbonyl (C=O) groups is 1. The molecule has 0 aliphatic carbocycles. The summed E-state index contributed by atoms with van der Waals surface area (Å²) < 4.78 is 5.32. The number of ether oxygens (including phenoxy) is 1. The highest BCUT2D eigenvalue weighted by Gasteiger charge is 2.17. The average molecular weight is 240 g/mol. The van der Waals surface area contributed by atoms with E-state index < -0.39 is 0 Å². The second-order valence-corrected chi connectivity index (χ2v) is 4.79. The fraction of sp³-hybridized carbons (Fsp3) is 0.769. The zero-order valence-electron chi connectivity index (χ0n) is 11.2. The quantitative estimate of drug-likeness (QED) is 0.734. The average Bonchev–Trinajstić information content (AvgIpc) is 2.29. The molecule has 0 aromatic carbocycles. The van der Waals surface area contributed by atoms with Crippen LogP contribution < -0.4 is 5.32 Å². The smallest absolute Gasteiger partial charge is 0.243 e. The molecule has 1 fully saturated rings. The maximum absolute atomic E-state index is 11.4. The van der Waals surface area contributed by atoms with Crippen LogP contribution in [0.3, 0.4) is 0 Å². The molecule has 0 unspecified atom stereocenters. The third-order valence-corrected chi connectivity index (χ3v) is 3.01. The van der Waals surface area contributed by atoms with Crippen LogP contribution in [0.15, 0.2) is 11.6 Å². The first-order valence-corrected chi connectivity index (χ1v) is 6.29. The summed E-state index contributed by atoms with van der Waals surface area (Å²) in [7, 11) is 1.78. The van der Waals surface area contributed by atoms with Crippen molar-refractivity contribution in [1.29, 1.82) is 0 Å². The molecule has 0 aromatic rings. The molecular formula is C13H24N2O2. The predicted molar refractivity (Wildman–Crippen MR) is 68.9 cm³/mol. The zero-order chi connectivity index (χ0) is 12.7. The summed E-state index contributed by atoms with van der Waals surface area (Å²) in [5, 5.41) is 2.90. The van der Waals surface area contributed by atoms with Crippen LogP contribution in [0.5, 0.6) is 0 Å². The second-order valence-electron chi connectivity index (χ2n) is 4.79. The highest BCUT2D eigenvalue weighted by molar-refractivity contribution is 5.87. The Bertz CT molecular complexity index is 265. The van der Waals surface area contributed by atoms with Crippen LogP contribution in [0, 0.1) is 0 Å². The minimum Gasteiger partial charge on any atom is -0.381 e. The number of amides is 1. The predicted octanol–water partition coefficient (Wildman–Crippen LogP) is 1.18. The lowest BCUT2D eigenvalue weighted by Gasteiger charge is -2.31. The standard InChI is InChI=1S/C13H24N2O2/c1-11(2)10-13(16)14-6-9-15-7-4-12(17-3)5-8-15/h10,12H,4-9H2,1-3H3,(H,14,16). The maximum atomic E-state index is 11.4. The Morgan fingerprint density at radius 2 is 2.06 bits per heavy atom. The highest BCUT2D eigenvalue weighted by atomic mass is 16.5. The molecule has 1 aliphatic rings. The van der Waals surface area contributed by atoms with Crippen LogP contribution >= 0.6 is 0 Å². The van der Waals surface area contributed by atoms with Gasteiger partial charge in [0.15, 0.2) is 0 Å². The number of piperidine rings is 1. The van der Waals surface area contributed by atoms with Gasteiger partial charge in [-0.25, -0.2) is 0 Å². The normalized spacial score (nSPS) is 17.8. The highest BCUT2D eigenvalue weighted by Crippen LogP contribution is 2.11. The van der Waals surface area contributed by atoms with Crippen LogP contribution in [0.2, 0.25) is 0 Å². The summed E-state index contributed by atoms with van der Waals surface area (Å²) in [5.74, 6) is 0.0109. The summed E-state index contributed by atoms with van der Waals surface area (Å²) in [6.45, 7) is 7.64. The molecule has 1 amide bonds. The van der Waals surface area contributed by atoms with E-state index in [9.17, 15) is 4.79 Å². The molecule has 0 saturated carbocycles. The number of carbonyl (C=O) groups excluding carboxylic acids is 1. The van der Waals surface area contributed by atoms with Gasteiger partial charge in [-0.3, -0.25) is 4.79 Å². The van der Waals surface area contributed by atoms with E-state index in [4.69, 9.17) is 4.74 Å². The van der Waals surface area contributed by atoms with Crippen molar-refractivity contribution in [3.63, 3.8) is 0 Å². The van der Waals surface area contributed by atoms with Gasteiger partial charge in [-0.2, -0.15) is 0 Å². The topological polar surface area (TPSA) is 41.6 Å². The van der Waals surface area contributed by atoms with Gasteiger partial charge in [0.1, 0.15) is 0 Å². The molecule has 0 aromatic heterocycles. The first-order chi connectivity index (χ1) is 8.11. The fourth-order valence-corrected chi connectivity index (χ4v) is 2.02. The van der Waals surface area contributed by atoms with E-state index in [1.807, 2.05) is 13.8 Å². The molecule has 98 valence electrons. The Kier molecular flexibility index (Phi) is 6.22. The lowest BCUT2D eigenvalue weighted by atomic mass is 10.1. The van der Waals surface area contributed by atoms with Crippen molar-refractivity contribution >= 4 is 5.91 Å². The fourth-order valence-electron chi connectivity index (χ4n) is 2.02. The van der Waals surface area contributed by atoms with Gasteiger partial charge in [-0.05, 0) is 26.7 Å². The van der Waals surface area contributed by atoms with Crippen molar-refractivity contribution in [2.24, 2.45) is 0 Å². The molecule has 4 nitrogen and oxygen atoms in total. The van der Waals surface area contributed by atoms with Gasteiger partial charge in [0.2, 0.25) is 5.91 Å². The molecule has 1 heterocycles. The van der Waals surface area contributed by atoms with Crippen LogP contribution in [-0.4, -0.2) is 50.2 Å². The molecule has 4 heteroatoms. The van der Waals surface area contributed by atoms with Gasteiger partial charge in [-0.1, -0.05) is 5.57 Å². The Balaban J connectivity index is 2.12. The third kappa shape index (κ3) is 5.84. The molecule has 0 atom stereocenters. The molecular weight excluding hydrogens is 216 g/mol. The molecule has 17 heavy (non-hydrogen) atoms. The number of allylic oxidation sites excluding steroid dienone is 1. The molecule has 1 saturated heterocycles. The van der Waals surface area contributed by atoms with Crippen LogP contribution in [0.4, 0.5) is 0 Å². The lowest BCUT2D eigenvalue weighted by molar-refractivity contribution is -0.116. The minimum atomic E-state index is 0.0109. The van der Waals surface area contributed by atoms with E-state index in [1.165, 1.54) is 0 Å². The van der Waals surface area contributed by atoms with Crippen LogP contribution in [0.1, 0.15) is 26.7 Å². The molecule has 0 radical (unpaired) electrons. The Labute approximate surface area is 104 Å². The maximum Gasteiger partial charge on any atom is 0.243 e. The van der Waals surface area contributed by atoms with E-state index >= 15 is 0 Å². The number of likely N-dealkylation sites (tertiary alicyclic amines) is 1. The summed E-state index contributed by atoms with van der Waals surface area (Å²) in [6.07, 6.45) is 4.25. The molecule has 1 rings (SSSR count). The van der Waals surface area contributed by atoms with Gasteiger partial charge < -0.3 is 15.0 Å². The molecule has 1 N–H and O–H groups in total. The van der Waals surface area contributed by atoms with Gasteiger partial charge in [-0.15, -0.1) is 0 Å².